The van der Waals surface area contributed by atoms with Gasteiger partial charge in [-0.15, -0.1) is 0 Å². The molecule has 3 aromatic rings. The summed E-state index contributed by atoms with van der Waals surface area (Å²) >= 11 is 1.47. The molecule has 0 aliphatic rings. The van der Waals surface area contributed by atoms with Crippen LogP contribution in [0.2, 0.25) is 0 Å². The molecule has 1 amide bonds. The number of thiazole rings is 1. The highest BCUT2D eigenvalue weighted by Crippen LogP contribution is 2.22. The van der Waals surface area contributed by atoms with Gasteiger partial charge in [0.15, 0.2) is 14.6 Å². The Morgan fingerprint density at radius 1 is 1.15 bits per heavy atom. The first kappa shape index (κ1) is 19.5. The highest BCUT2D eigenvalue weighted by molar-refractivity contribution is 7.91. The summed E-state index contributed by atoms with van der Waals surface area (Å²) in [6.45, 7) is 4.09. The number of aryl methyl sites for hydroxylation is 3. The Morgan fingerprint density at radius 3 is 2.56 bits per heavy atom. The summed E-state index contributed by atoms with van der Waals surface area (Å²) in [4.78, 5) is 17.4. The summed E-state index contributed by atoms with van der Waals surface area (Å²) in [5.74, 6) is -0.357. The molecule has 0 fully saturated rings. The standard InChI is InChI=1S/C20H22N2O3S2/c1-14-12-15(2)19-17(13-14)26-20(22(19)3)21-18(23)10-7-11-27(24,25)16-8-5-4-6-9-16/h4-6,8-9,12-13H,7,10-11H2,1-3H3. The minimum atomic E-state index is -3.36. The zero-order valence-electron chi connectivity index (χ0n) is 15.6. The highest BCUT2D eigenvalue weighted by Gasteiger charge is 2.14. The molecular weight excluding hydrogens is 380 g/mol. The lowest BCUT2D eigenvalue weighted by atomic mass is 10.1. The number of amides is 1. The van der Waals surface area contributed by atoms with Gasteiger partial charge in [-0.25, -0.2) is 8.42 Å². The van der Waals surface area contributed by atoms with Gasteiger partial charge in [-0.2, -0.15) is 4.99 Å². The number of hydrogen-bond acceptors (Lipinski definition) is 4. The van der Waals surface area contributed by atoms with Gasteiger partial charge < -0.3 is 4.57 Å². The van der Waals surface area contributed by atoms with E-state index in [1.165, 1.54) is 16.9 Å². The molecule has 0 radical (unpaired) electrons. The minimum absolute atomic E-state index is 0.0604. The average Bonchev–Trinajstić information content (AvgIpc) is 2.91. The fraction of sp³-hybridized carbons (Fsp3) is 0.300. The molecule has 0 saturated carbocycles. The zero-order valence-corrected chi connectivity index (χ0v) is 17.2. The van der Waals surface area contributed by atoms with Gasteiger partial charge in [-0.05, 0) is 49.6 Å². The maximum Gasteiger partial charge on any atom is 0.248 e. The van der Waals surface area contributed by atoms with Gasteiger partial charge >= 0.3 is 0 Å². The number of benzene rings is 2. The summed E-state index contributed by atoms with van der Waals surface area (Å²) in [5, 5.41) is 0. The number of carbonyl (C=O) groups is 1. The van der Waals surface area contributed by atoms with E-state index < -0.39 is 9.84 Å². The predicted molar refractivity (Wildman–Crippen MR) is 109 cm³/mol. The first-order valence-electron chi connectivity index (χ1n) is 8.70. The number of nitrogens with zero attached hydrogens (tertiary/aromatic N) is 2. The Hall–Kier alpha value is -2.25. The largest absolute Gasteiger partial charge is 0.319 e. The molecule has 0 aliphatic heterocycles. The highest BCUT2D eigenvalue weighted by atomic mass is 32.2. The lowest BCUT2D eigenvalue weighted by Crippen LogP contribution is -2.14. The lowest BCUT2D eigenvalue weighted by molar-refractivity contribution is -0.118. The van der Waals surface area contributed by atoms with Crippen LogP contribution in [0.3, 0.4) is 0 Å². The molecule has 5 nitrogen and oxygen atoms in total. The smallest absolute Gasteiger partial charge is 0.248 e. The molecule has 3 rings (SSSR count). The van der Waals surface area contributed by atoms with Crippen molar-refractivity contribution in [2.75, 3.05) is 5.75 Å². The number of fused-ring (bicyclic) bond motifs is 1. The van der Waals surface area contributed by atoms with Crippen molar-refractivity contribution in [1.82, 2.24) is 4.57 Å². The SMILES string of the molecule is Cc1cc(C)c2c(c1)sc(=NC(=O)CCCS(=O)(=O)c1ccccc1)n2C. The van der Waals surface area contributed by atoms with E-state index >= 15 is 0 Å². The molecule has 0 spiro atoms. The molecule has 0 unspecified atom stereocenters. The molecule has 0 atom stereocenters. The summed E-state index contributed by atoms with van der Waals surface area (Å²) < 4.78 is 27.6. The van der Waals surface area contributed by atoms with Crippen LogP contribution in [0.15, 0.2) is 52.4 Å². The van der Waals surface area contributed by atoms with Gasteiger partial charge in [0.25, 0.3) is 0 Å². The van der Waals surface area contributed by atoms with Crippen molar-refractivity contribution in [3.63, 3.8) is 0 Å². The van der Waals surface area contributed by atoms with Crippen LogP contribution in [0.25, 0.3) is 10.2 Å². The third kappa shape index (κ3) is 4.36. The Kier molecular flexibility index (Phi) is 5.62. The average molecular weight is 403 g/mol. The molecule has 0 saturated heterocycles. The maximum absolute atomic E-state index is 12.3. The Bertz CT molecular complexity index is 1160. The number of hydrogen-bond donors (Lipinski definition) is 0. The topological polar surface area (TPSA) is 68.5 Å². The molecule has 7 heteroatoms. The first-order chi connectivity index (χ1) is 12.8. The third-order valence-electron chi connectivity index (χ3n) is 4.36. The molecule has 2 aromatic carbocycles. The molecule has 1 aromatic heterocycles. The van der Waals surface area contributed by atoms with E-state index in [-0.39, 0.29) is 29.4 Å². The Balaban J connectivity index is 1.73. The molecule has 0 aliphatic carbocycles. The van der Waals surface area contributed by atoms with E-state index in [1.54, 1.807) is 30.3 Å². The lowest BCUT2D eigenvalue weighted by Gasteiger charge is -2.03. The van der Waals surface area contributed by atoms with Crippen molar-refractivity contribution in [1.29, 1.82) is 0 Å². The molecule has 0 N–H and O–H groups in total. The van der Waals surface area contributed by atoms with Crippen LogP contribution < -0.4 is 4.80 Å². The fourth-order valence-corrected chi connectivity index (χ4v) is 5.65. The van der Waals surface area contributed by atoms with Crippen LogP contribution in [-0.2, 0) is 21.7 Å². The summed E-state index contributed by atoms with van der Waals surface area (Å²) in [7, 11) is -1.47. The van der Waals surface area contributed by atoms with Gasteiger partial charge in [-0.1, -0.05) is 35.6 Å². The molecule has 1 heterocycles. The van der Waals surface area contributed by atoms with Gasteiger partial charge in [0, 0.05) is 13.5 Å². The second-order valence-electron chi connectivity index (χ2n) is 6.61. The Morgan fingerprint density at radius 2 is 1.85 bits per heavy atom. The summed E-state index contributed by atoms with van der Waals surface area (Å²) in [5.41, 5.74) is 3.39. The van der Waals surface area contributed by atoms with Crippen LogP contribution in [-0.4, -0.2) is 24.6 Å². The van der Waals surface area contributed by atoms with E-state index in [0.717, 1.165) is 15.8 Å². The second kappa shape index (κ2) is 7.78. The normalized spacial score (nSPS) is 12.6. The molecule has 0 bridgehead atoms. The van der Waals surface area contributed by atoms with Gasteiger partial charge in [-0.3, -0.25) is 4.79 Å². The van der Waals surface area contributed by atoms with E-state index in [2.05, 4.69) is 17.1 Å². The molecule has 142 valence electrons. The monoisotopic (exact) mass is 402 g/mol. The quantitative estimate of drug-likeness (QED) is 0.655. The predicted octanol–water partition coefficient (Wildman–Crippen LogP) is 3.54. The number of aromatic nitrogens is 1. The van der Waals surface area contributed by atoms with Crippen molar-refractivity contribution >= 4 is 37.3 Å². The van der Waals surface area contributed by atoms with Crippen molar-refractivity contribution < 1.29 is 13.2 Å². The van der Waals surface area contributed by atoms with E-state index in [9.17, 15) is 13.2 Å². The third-order valence-corrected chi connectivity index (χ3v) is 7.26. The van der Waals surface area contributed by atoms with Crippen LogP contribution in [0, 0.1) is 13.8 Å². The van der Waals surface area contributed by atoms with Gasteiger partial charge in [0.1, 0.15) is 0 Å². The van der Waals surface area contributed by atoms with Crippen LogP contribution in [0.4, 0.5) is 0 Å². The van der Waals surface area contributed by atoms with E-state index in [0.29, 0.717) is 4.80 Å². The maximum atomic E-state index is 12.3. The van der Waals surface area contributed by atoms with E-state index in [1.807, 2.05) is 25.5 Å². The van der Waals surface area contributed by atoms with Crippen molar-refractivity contribution in [3.05, 3.63) is 58.4 Å². The van der Waals surface area contributed by atoms with Crippen LogP contribution in [0.1, 0.15) is 24.0 Å². The second-order valence-corrected chi connectivity index (χ2v) is 9.73. The van der Waals surface area contributed by atoms with Crippen LogP contribution in [0.5, 0.6) is 0 Å². The van der Waals surface area contributed by atoms with Crippen LogP contribution >= 0.6 is 11.3 Å². The Labute approximate surface area is 162 Å². The van der Waals surface area contributed by atoms with Gasteiger partial charge in [0.05, 0.1) is 20.9 Å². The first-order valence-corrected chi connectivity index (χ1v) is 11.2. The number of rotatable bonds is 5. The van der Waals surface area contributed by atoms with Crippen molar-refractivity contribution in [2.24, 2.45) is 12.0 Å². The van der Waals surface area contributed by atoms with Crippen molar-refractivity contribution in [2.45, 2.75) is 31.6 Å². The number of carbonyl (C=O) groups excluding carboxylic acids is 1. The summed E-state index contributed by atoms with van der Waals surface area (Å²) in [6.07, 6.45) is 0.366. The number of sulfone groups is 1. The molecule has 27 heavy (non-hydrogen) atoms. The van der Waals surface area contributed by atoms with Gasteiger partial charge in [0.2, 0.25) is 5.91 Å². The van der Waals surface area contributed by atoms with E-state index in [4.69, 9.17) is 0 Å². The molecular formula is C20H22N2O3S2. The summed E-state index contributed by atoms with van der Waals surface area (Å²) in [6, 6.07) is 12.5. The van der Waals surface area contributed by atoms with Crippen molar-refractivity contribution in [3.8, 4) is 0 Å². The zero-order chi connectivity index (χ0) is 19.6. The fourth-order valence-electron chi connectivity index (χ4n) is 3.11. The minimum Gasteiger partial charge on any atom is -0.319 e.